The normalized spacial score (nSPS) is 30.5. The van der Waals surface area contributed by atoms with Crippen LogP contribution >= 0.6 is 0 Å². The molecule has 0 radical (unpaired) electrons. The van der Waals surface area contributed by atoms with Gasteiger partial charge in [0.1, 0.15) is 0 Å². The SMILES string of the molecule is CC1CC1C(=O)NNC(=O)C1(C)CCCCC1. The summed E-state index contributed by atoms with van der Waals surface area (Å²) in [5, 5.41) is 0. The summed E-state index contributed by atoms with van der Waals surface area (Å²) in [7, 11) is 0. The second-order valence-corrected chi connectivity index (χ2v) is 5.88. The van der Waals surface area contributed by atoms with E-state index in [1.165, 1.54) is 6.42 Å². The zero-order chi connectivity index (χ0) is 12.5. The van der Waals surface area contributed by atoms with Crippen LogP contribution < -0.4 is 10.9 Å². The fourth-order valence-corrected chi connectivity index (χ4v) is 2.61. The molecule has 2 aliphatic carbocycles. The molecule has 0 saturated heterocycles. The van der Waals surface area contributed by atoms with Gasteiger partial charge < -0.3 is 0 Å². The molecule has 0 aromatic rings. The molecule has 4 heteroatoms. The third-order valence-corrected chi connectivity index (χ3v) is 4.25. The number of hydrogen-bond donors (Lipinski definition) is 2. The van der Waals surface area contributed by atoms with Crippen molar-refractivity contribution in [1.29, 1.82) is 0 Å². The van der Waals surface area contributed by atoms with Gasteiger partial charge in [-0.25, -0.2) is 0 Å². The molecule has 2 N–H and O–H groups in total. The van der Waals surface area contributed by atoms with Crippen LogP contribution in [-0.4, -0.2) is 11.8 Å². The van der Waals surface area contributed by atoms with Gasteiger partial charge in [0.05, 0.1) is 0 Å². The minimum atomic E-state index is -0.291. The predicted molar refractivity (Wildman–Crippen MR) is 64.7 cm³/mol. The Kier molecular flexibility index (Phi) is 3.40. The van der Waals surface area contributed by atoms with Crippen LogP contribution in [0, 0.1) is 17.3 Å². The number of amides is 2. The van der Waals surface area contributed by atoms with Gasteiger partial charge in [0.2, 0.25) is 11.8 Å². The average Bonchev–Trinajstić information content (AvgIpc) is 3.04. The second-order valence-electron chi connectivity index (χ2n) is 5.88. The lowest BCUT2D eigenvalue weighted by atomic mass is 9.75. The summed E-state index contributed by atoms with van der Waals surface area (Å²) in [6.07, 6.45) is 6.23. The first kappa shape index (κ1) is 12.4. The van der Waals surface area contributed by atoms with Gasteiger partial charge in [0, 0.05) is 11.3 Å². The van der Waals surface area contributed by atoms with E-state index in [1.807, 2.05) is 6.92 Å². The van der Waals surface area contributed by atoms with Crippen LogP contribution in [0.3, 0.4) is 0 Å². The molecule has 2 rings (SSSR count). The number of nitrogens with one attached hydrogen (secondary N) is 2. The van der Waals surface area contributed by atoms with E-state index in [9.17, 15) is 9.59 Å². The van der Waals surface area contributed by atoms with Crippen LogP contribution in [0.2, 0.25) is 0 Å². The first-order valence-electron chi connectivity index (χ1n) is 6.63. The minimum Gasteiger partial charge on any atom is -0.273 e. The Labute approximate surface area is 102 Å². The summed E-state index contributed by atoms with van der Waals surface area (Å²) >= 11 is 0. The van der Waals surface area contributed by atoms with E-state index in [-0.39, 0.29) is 23.1 Å². The fraction of sp³-hybridized carbons (Fsp3) is 0.846. The molecular formula is C13H22N2O2. The molecule has 2 fully saturated rings. The van der Waals surface area contributed by atoms with Crippen molar-refractivity contribution < 1.29 is 9.59 Å². The smallest absolute Gasteiger partial charge is 0.244 e. The van der Waals surface area contributed by atoms with Gasteiger partial charge >= 0.3 is 0 Å². The molecule has 0 bridgehead atoms. The molecule has 2 saturated carbocycles. The van der Waals surface area contributed by atoms with Crippen LogP contribution in [-0.2, 0) is 9.59 Å². The molecule has 0 aromatic heterocycles. The largest absolute Gasteiger partial charge is 0.273 e. The number of rotatable bonds is 2. The summed E-state index contributed by atoms with van der Waals surface area (Å²) in [6, 6.07) is 0. The van der Waals surface area contributed by atoms with E-state index in [4.69, 9.17) is 0 Å². The van der Waals surface area contributed by atoms with Crippen molar-refractivity contribution in [3.8, 4) is 0 Å². The molecule has 4 nitrogen and oxygen atoms in total. The summed E-state index contributed by atoms with van der Waals surface area (Å²) in [5.74, 6) is 0.510. The van der Waals surface area contributed by atoms with Gasteiger partial charge in [0.15, 0.2) is 0 Å². The van der Waals surface area contributed by atoms with E-state index in [1.54, 1.807) is 0 Å². The van der Waals surface area contributed by atoms with Crippen molar-refractivity contribution in [3.05, 3.63) is 0 Å². The molecular weight excluding hydrogens is 216 g/mol. The molecule has 0 aromatic carbocycles. The van der Waals surface area contributed by atoms with Crippen LogP contribution in [0.4, 0.5) is 0 Å². The van der Waals surface area contributed by atoms with Gasteiger partial charge in [-0.15, -0.1) is 0 Å². The standard InChI is InChI=1S/C13H22N2O2/c1-9-8-10(9)11(16)14-15-12(17)13(2)6-4-3-5-7-13/h9-10H,3-8H2,1-2H3,(H,14,16)(H,15,17). The molecule has 0 aliphatic heterocycles. The van der Waals surface area contributed by atoms with Crippen molar-refractivity contribution in [2.45, 2.75) is 52.4 Å². The third kappa shape index (κ3) is 2.79. The quantitative estimate of drug-likeness (QED) is 0.720. The van der Waals surface area contributed by atoms with Crippen molar-refractivity contribution >= 4 is 11.8 Å². The van der Waals surface area contributed by atoms with Gasteiger partial charge in [-0.1, -0.05) is 33.1 Å². The van der Waals surface area contributed by atoms with E-state index in [0.717, 1.165) is 32.1 Å². The number of carbonyl (C=O) groups excluding carboxylic acids is 2. The maximum Gasteiger partial charge on any atom is 0.244 e. The molecule has 2 aliphatic rings. The first-order valence-corrected chi connectivity index (χ1v) is 6.63. The summed E-state index contributed by atoms with van der Waals surface area (Å²) in [4.78, 5) is 23.6. The third-order valence-electron chi connectivity index (χ3n) is 4.25. The van der Waals surface area contributed by atoms with Crippen molar-refractivity contribution in [2.75, 3.05) is 0 Å². The topological polar surface area (TPSA) is 58.2 Å². The van der Waals surface area contributed by atoms with Crippen LogP contribution in [0.25, 0.3) is 0 Å². The van der Waals surface area contributed by atoms with Crippen LogP contribution in [0.15, 0.2) is 0 Å². The molecule has 2 atom stereocenters. The molecule has 2 amide bonds. The van der Waals surface area contributed by atoms with Gasteiger partial charge in [-0.2, -0.15) is 0 Å². The van der Waals surface area contributed by atoms with E-state index < -0.39 is 0 Å². The fourth-order valence-electron chi connectivity index (χ4n) is 2.61. The van der Waals surface area contributed by atoms with Gasteiger partial charge in [-0.05, 0) is 25.2 Å². The minimum absolute atomic E-state index is 0.0288. The molecule has 96 valence electrons. The molecule has 2 unspecified atom stereocenters. The summed E-state index contributed by atoms with van der Waals surface area (Å²) < 4.78 is 0. The highest BCUT2D eigenvalue weighted by Crippen LogP contribution is 2.38. The Morgan fingerprint density at radius 2 is 1.71 bits per heavy atom. The highest BCUT2D eigenvalue weighted by molar-refractivity contribution is 5.87. The number of hydrazine groups is 1. The number of hydrogen-bond acceptors (Lipinski definition) is 2. The van der Waals surface area contributed by atoms with Gasteiger partial charge in [-0.3, -0.25) is 20.4 Å². The van der Waals surface area contributed by atoms with Gasteiger partial charge in [0.25, 0.3) is 0 Å². The average molecular weight is 238 g/mol. The molecule has 0 spiro atoms. The Bertz CT molecular complexity index is 321. The Hall–Kier alpha value is -1.06. The van der Waals surface area contributed by atoms with Crippen molar-refractivity contribution in [3.63, 3.8) is 0 Å². The zero-order valence-electron chi connectivity index (χ0n) is 10.7. The summed E-state index contributed by atoms with van der Waals surface area (Å²) in [6.45, 7) is 4.04. The van der Waals surface area contributed by atoms with E-state index in [2.05, 4.69) is 17.8 Å². The van der Waals surface area contributed by atoms with Crippen molar-refractivity contribution in [2.24, 2.45) is 17.3 Å². The highest BCUT2D eigenvalue weighted by Gasteiger charge is 2.40. The Morgan fingerprint density at radius 3 is 2.24 bits per heavy atom. The predicted octanol–water partition coefficient (Wildman–Crippen LogP) is 1.76. The first-order chi connectivity index (χ1) is 8.03. The lowest BCUT2D eigenvalue weighted by Crippen LogP contribution is -2.49. The van der Waals surface area contributed by atoms with Crippen LogP contribution in [0.1, 0.15) is 52.4 Å². The summed E-state index contributed by atoms with van der Waals surface area (Å²) in [5.41, 5.74) is 4.86. The second kappa shape index (κ2) is 4.67. The van der Waals surface area contributed by atoms with E-state index >= 15 is 0 Å². The number of carbonyl (C=O) groups is 2. The molecule has 17 heavy (non-hydrogen) atoms. The van der Waals surface area contributed by atoms with Crippen molar-refractivity contribution in [1.82, 2.24) is 10.9 Å². The lowest BCUT2D eigenvalue weighted by Gasteiger charge is -2.31. The molecule has 0 heterocycles. The Balaban J connectivity index is 1.78. The van der Waals surface area contributed by atoms with E-state index in [0.29, 0.717) is 5.92 Å². The van der Waals surface area contributed by atoms with Crippen LogP contribution in [0.5, 0.6) is 0 Å². The highest BCUT2D eigenvalue weighted by atomic mass is 16.2. The zero-order valence-corrected chi connectivity index (χ0v) is 10.7. The lowest BCUT2D eigenvalue weighted by molar-refractivity contribution is -0.136. The Morgan fingerprint density at radius 1 is 1.12 bits per heavy atom. The monoisotopic (exact) mass is 238 g/mol. The maximum absolute atomic E-state index is 12.0. The maximum atomic E-state index is 12.0.